The SMILES string of the molecule is C#Cc1c(F)ccc2cccc(-c3ncc4c(N5C[C@H]6CC[C@@H](C5)N6C(=O)OC(C)(C)C)nc(OC[C@@]56CCCN5C[C@H](Oc5cccc(S(=O)(=O)O)c5)C6)nc4c3F)c12. The Labute approximate surface area is 346 Å². The van der Waals surface area contributed by atoms with E-state index in [4.69, 9.17) is 25.6 Å². The van der Waals surface area contributed by atoms with Crippen LogP contribution in [0.2, 0.25) is 0 Å². The van der Waals surface area contributed by atoms with E-state index in [2.05, 4.69) is 20.8 Å². The van der Waals surface area contributed by atoms with Gasteiger partial charge in [-0.1, -0.05) is 36.3 Å². The zero-order chi connectivity index (χ0) is 42.1. The summed E-state index contributed by atoms with van der Waals surface area (Å²) >= 11 is 0. The number of carbonyl (C=O) groups excluding carboxylic acids is 1. The van der Waals surface area contributed by atoms with Crippen LogP contribution in [0, 0.1) is 24.0 Å². The molecular weight excluding hydrogens is 795 g/mol. The number of hydrogen-bond donors (Lipinski definition) is 1. The third-order valence-electron chi connectivity index (χ3n) is 12.1. The van der Waals surface area contributed by atoms with Crippen molar-refractivity contribution in [2.45, 2.75) is 87.1 Å². The van der Waals surface area contributed by atoms with Crippen LogP contribution < -0.4 is 14.4 Å². The van der Waals surface area contributed by atoms with E-state index < -0.39 is 32.9 Å². The molecule has 3 aromatic carbocycles. The smallest absolute Gasteiger partial charge is 0.410 e. The fourth-order valence-corrected chi connectivity index (χ4v) is 10.1. The number of amides is 1. The second-order valence-corrected chi connectivity index (χ2v) is 18.5. The normalized spacial score (nSPS) is 22.9. The average Bonchev–Trinajstić information content (AvgIpc) is 3.83. The molecule has 16 heteroatoms. The molecule has 6 heterocycles. The van der Waals surface area contributed by atoms with Crippen molar-refractivity contribution in [2.24, 2.45) is 0 Å². The fraction of sp³-hybridized carbons (Fsp3) is 0.409. The molecule has 0 unspecified atom stereocenters. The Bertz CT molecular complexity index is 2690. The van der Waals surface area contributed by atoms with Gasteiger partial charge in [-0.2, -0.15) is 18.4 Å². The van der Waals surface area contributed by atoms with Gasteiger partial charge in [-0.15, -0.1) is 6.42 Å². The second kappa shape index (κ2) is 14.8. The van der Waals surface area contributed by atoms with Crippen molar-refractivity contribution in [3.63, 3.8) is 0 Å². The van der Waals surface area contributed by atoms with Crippen LogP contribution in [-0.2, 0) is 14.9 Å². The summed E-state index contributed by atoms with van der Waals surface area (Å²) in [6, 6.07) is 13.4. The first-order valence-electron chi connectivity index (χ1n) is 20.0. The number of hydrogen-bond acceptors (Lipinski definition) is 11. The van der Waals surface area contributed by atoms with Crippen LogP contribution in [0.25, 0.3) is 32.9 Å². The Hall–Kier alpha value is -5.63. The molecule has 312 valence electrons. The van der Waals surface area contributed by atoms with Gasteiger partial charge in [-0.05, 0) is 76.6 Å². The number of terminal acetylenes is 1. The van der Waals surface area contributed by atoms with Crippen LogP contribution >= 0.6 is 0 Å². The van der Waals surface area contributed by atoms with Crippen LogP contribution in [0.1, 0.15) is 58.4 Å². The maximum atomic E-state index is 17.2. The summed E-state index contributed by atoms with van der Waals surface area (Å²) in [6.45, 7) is 7.84. The molecule has 4 fully saturated rings. The lowest BCUT2D eigenvalue weighted by Gasteiger charge is -2.42. The second-order valence-electron chi connectivity index (χ2n) is 17.1. The van der Waals surface area contributed by atoms with E-state index in [-0.39, 0.29) is 58.6 Å². The van der Waals surface area contributed by atoms with Gasteiger partial charge in [0.15, 0.2) is 5.82 Å². The van der Waals surface area contributed by atoms with Crippen LogP contribution in [0.3, 0.4) is 0 Å². The third kappa shape index (κ3) is 7.22. The maximum absolute atomic E-state index is 17.2. The first-order valence-corrected chi connectivity index (χ1v) is 21.5. The van der Waals surface area contributed by atoms with Crippen molar-refractivity contribution in [3.05, 3.63) is 78.0 Å². The zero-order valence-corrected chi connectivity index (χ0v) is 34.2. The number of anilines is 1. The number of carbonyl (C=O) groups is 1. The molecule has 0 spiro atoms. The number of rotatable bonds is 8. The molecule has 1 amide bonds. The summed E-state index contributed by atoms with van der Waals surface area (Å²) in [5.41, 5.74) is -0.914. The molecule has 5 aromatic rings. The van der Waals surface area contributed by atoms with Crippen molar-refractivity contribution < 1.29 is 40.8 Å². The molecule has 4 aliphatic rings. The Morgan fingerprint density at radius 2 is 1.82 bits per heavy atom. The van der Waals surface area contributed by atoms with Gasteiger partial charge in [0.2, 0.25) is 0 Å². The maximum Gasteiger partial charge on any atom is 0.410 e. The summed E-state index contributed by atoms with van der Waals surface area (Å²) in [5.74, 6) is 1.80. The molecule has 4 saturated heterocycles. The van der Waals surface area contributed by atoms with Gasteiger partial charge < -0.3 is 19.1 Å². The van der Waals surface area contributed by atoms with E-state index in [1.165, 1.54) is 30.5 Å². The number of halogens is 2. The Morgan fingerprint density at radius 3 is 2.55 bits per heavy atom. The van der Waals surface area contributed by atoms with Crippen LogP contribution in [0.15, 0.2) is 65.7 Å². The minimum Gasteiger partial charge on any atom is -0.489 e. The predicted molar refractivity (Wildman–Crippen MR) is 220 cm³/mol. The monoisotopic (exact) mass is 838 g/mol. The van der Waals surface area contributed by atoms with Gasteiger partial charge in [0, 0.05) is 49.3 Å². The van der Waals surface area contributed by atoms with E-state index in [0.29, 0.717) is 59.3 Å². The highest BCUT2D eigenvalue weighted by Crippen LogP contribution is 2.43. The van der Waals surface area contributed by atoms with E-state index in [1.54, 1.807) is 30.3 Å². The molecule has 4 atom stereocenters. The van der Waals surface area contributed by atoms with E-state index in [0.717, 1.165) is 32.2 Å². The van der Waals surface area contributed by atoms with Gasteiger partial charge >= 0.3 is 12.1 Å². The third-order valence-corrected chi connectivity index (χ3v) is 12.9. The Balaban J connectivity index is 1.07. The summed E-state index contributed by atoms with van der Waals surface area (Å²) in [7, 11) is -4.41. The van der Waals surface area contributed by atoms with Crippen molar-refractivity contribution in [3.8, 4) is 35.4 Å². The van der Waals surface area contributed by atoms with Crippen LogP contribution in [0.4, 0.5) is 19.4 Å². The highest BCUT2D eigenvalue weighted by atomic mass is 32.2. The minimum atomic E-state index is -4.41. The lowest BCUT2D eigenvalue weighted by molar-refractivity contribution is 0.0122. The zero-order valence-electron chi connectivity index (χ0n) is 33.4. The highest BCUT2D eigenvalue weighted by molar-refractivity contribution is 7.85. The predicted octanol–water partition coefficient (Wildman–Crippen LogP) is 7.00. The number of benzene rings is 3. The fourth-order valence-electron chi connectivity index (χ4n) is 9.54. The number of nitrogens with zero attached hydrogens (tertiary/aromatic N) is 6. The largest absolute Gasteiger partial charge is 0.489 e. The quantitative estimate of drug-likeness (QED) is 0.127. The molecule has 60 heavy (non-hydrogen) atoms. The number of fused-ring (bicyclic) bond motifs is 5. The van der Waals surface area contributed by atoms with Gasteiger partial charge in [0.1, 0.15) is 46.9 Å². The van der Waals surface area contributed by atoms with Crippen molar-refractivity contribution >= 4 is 43.7 Å². The van der Waals surface area contributed by atoms with Crippen molar-refractivity contribution in [2.75, 3.05) is 37.7 Å². The van der Waals surface area contributed by atoms with Gasteiger partial charge in [-0.3, -0.25) is 19.3 Å². The molecule has 0 aliphatic carbocycles. The Morgan fingerprint density at radius 1 is 1.05 bits per heavy atom. The summed E-state index contributed by atoms with van der Waals surface area (Å²) in [4.78, 5) is 33.4. The van der Waals surface area contributed by atoms with E-state index in [1.807, 2.05) is 30.6 Å². The number of pyridine rings is 1. The average molecular weight is 839 g/mol. The lowest BCUT2D eigenvalue weighted by atomic mass is 9.94. The molecule has 9 rings (SSSR count). The van der Waals surface area contributed by atoms with Gasteiger partial charge in [-0.25, -0.2) is 13.6 Å². The number of aromatic nitrogens is 3. The Kier molecular flexibility index (Phi) is 9.84. The van der Waals surface area contributed by atoms with Crippen molar-refractivity contribution in [1.82, 2.24) is 24.8 Å². The topological polar surface area (TPSA) is 148 Å². The number of piperazine rings is 1. The summed E-state index contributed by atoms with van der Waals surface area (Å²) in [5, 5.41) is 1.33. The van der Waals surface area contributed by atoms with E-state index >= 15 is 8.78 Å². The van der Waals surface area contributed by atoms with E-state index in [9.17, 15) is 17.8 Å². The molecule has 2 aromatic heterocycles. The van der Waals surface area contributed by atoms with Gasteiger partial charge in [0.05, 0.1) is 33.5 Å². The highest BCUT2D eigenvalue weighted by Gasteiger charge is 2.50. The molecule has 0 radical (unpaired) electrons. The molecule has 0 saturated carbocycles. The number of ether oxygens (including phenoxy) is 3. The van der Waals surface area contributed by atoms with Crippen molar-refractivity contribution in [1.29, 1.82) is 0 Å². The molecule has 1 N–H and O–H groups in total. The first kappa shape index (κ1) is 39.8. The minimum absolute atomic E-state index is 0.000449. The van der Waals surface area contributed by atoms with Crippen LogP contribution in [-0.4, -0.2) is 106 Å². The molecule has 4 aliphatic heterocycles. The van der Waals surface area contributed by atoms with Gasteiger partial charge in [0.25, 0.3) is 10.1 Å². The molecule has 13 nitrogen and oxygen atoms in total. The molecular formula is C44H44F2N6O7S. The first-order chi connectivity index (χ1) is 28.6. The van der Waals surface area contributed by atoms with Crippen LogP contribution in [0.5, 0.6) is 11.8 Å². The summed E-state index contributed by atoms with van der Waals surface area (Å²) < 4.78 is 83.9. The lowest BCUT2D eigenvalue weighted by Crippen LogP contribution is -2.57. The molecule has 2 bridgehead atoms. The standard InChI is InChI=1S/C44H44F2N6O7S/c1-5-32-35(45)16-13-26-9-6-12-33(36(26)32)38-37(46)39-34(21-47-38)40(50-22-27-14-15-28(23-50)52(27)42(53)59-43(2,3)4)49-41(48-39)57-25-44-17-8-18-51(44)24-30(20-44)58-29-10-7-11-31(19-29)60(54,55)56/h1,6-7,9-13,16,19,21,27-28,30H,8,14-15,17-18,20,22-25H2,2-4H3,(H,54,55,56)/t27-,28+,30-,44+/m1/s1. The summed E-state index contributed by atoms with van der Waals surface area (Å²) in [6.07, 6.45) is 10.4.